The fraction of sp³-hybridized carbons (Fsp3) is 0.0870. The molecule has 0 aliphatic carbocycles. The first-order valence-electron chi connectivity index (χ1n) is 10.2. The smallest absolute Gasteiger partial charge is 0.285 e. The number of anilines is 1. The van der Waals surface area contributed by atoms with E-state index in [4.69, 9.17) is 28.4 Å². The molecule has 0 fully saturated rings. The molecule has 0 heterocycles. The average molecular weight is 576 g/mol. The second-order valence-corrected chi connectivity index (χ2v) is 10.1. The molecule has 0 radical (unpaired) electrons. The lowest BCUT2D eigenvalue weighted by Crippen LogP contribution is -2.34. The number of guanidine groups is 1. The van der Waals surface area contributed by atoms with Crippen molar-refractivity contribution in [2.24, 2.45) is 15.9 Å². The van der Waals surface area contributed by atoms with Crippen LogP contribution in [0.3, 0.4) is 0 Å². The van der Waals surface area contributed by atoms with E-state index in [1.807, 2.05) is 30.3 Å². The molecule has 0 unspecified atom stereocenters. The lowest BCUT2D eigenvalue weighted by atomic mass is 10.1. The summed E-state index contributed by atoms with van der Waals surface area (Å²) in [6.07, 6.45) is 0.687. The molecule has 1 amide bonds. The topological polar surface area (TPSA) is 149 Å². The van der Waals surface area contributed by atoms with Crippen LogP contribution in [0, 0.1) is 0 Å². The molecule has 0 aliphatic heterocycles. The molecule has 3 aromatic rings. The van der Waals surface area contributed by atoms with Gasteiger partial charge >= 0.3 is 0 Å². The van der Waals surface area contributed by atoms with Crippen LogP contribution in [0.25, 0.3) is 0 Å². The van der Waals surface area contributed by atoms with Gasteiger partial charge in [0.1, 0.15) is 5.75 Å². The van der Waals surface area contributed by atoms with Crippen LogP contribution in [0.2, 0.25) is 0 Å². The van der Waals surface area contributed by atoms with E-state index in [2.05, 4.69) is 31.0 Å². The Hall–Kier alpha value is -3.48. The molecular formula is C23H22BrN5O4S2. The van der Waals surface area contributed by atoms with Crippen molar-refractivity contribution in [2.45, 2.75) is 11.3 Å². The Morgan fingerprint density at radius 3 is 2.37 bits per heavy atom. The predicted molar refractivity (Wildman–Crippen MR) is 143 cm³/mol. The fourth-order valence-electron chi connectivity index (χ4n) is 2.96. The second kappa shape index (κ2) is 11.8. The number of hydrogen-bond acceptors (Lipinski definition) is 5. The van der Waals surface area contributed by atoms with E-state index >= 15 is 0 Å². The van der Waals surface area contributed by atoms with Crippen molar-refractivity contribution in [3.63, 3.8) is 0 Å². The maximum Gasteiger partial charge on any atom is 0.285 e. The Morgan fingerprint density at radius 1 is 1.03 bits per heavy atom. The van der Waals surface area contributed by atoms with Gasteiger partial charge in [-0.2, -0.15) is 8.42 Å². The van der Waals surface area contributed by atoms with Crippen molar-refractivity contribution in [1.82, 2.24) is 5.32 Å². The molecular weight excluding hydrogens is 554 g/mol. The summed E-state index contributed by atoms with van der Waals surface area (Å²) in [6.45, 7) is 0.393. The first-order chi connectivity index (χ1) is 16.6. The molecule has 0 saturated heterocycles. The highest BCUT2D eigenvalue weighted by Crippen LogP contribution is 2.24. The number of amides is 1. The maximum atomic E-state index is 12.9. The number of ether oxygens (including phenoxy) is 1. The van der Waals surface area contributed by atoms with E-state index in [9.17, 15) is 13.2 Å². The van der Waals surface area contributed by atoms with Gasteiger partial charge in [-0.25, -0.2) is 0 Å². The van der Waals surface area contributed by atoms with E-state index in [1.165, 1.54) is 24.3 Å². The molecule has 0 bridgehead atoms. The highest BCUT2D eigenvalue weighted by Gasteiger charge is 2.16. The van der Waals surface area contributed by atoms with E-state index in [1.54, 1.807) is 18.2 Å². The molecule has 3 rings (SSSR count). The molecule has 3 aromatic carbocycles. The van der Waals surface area contributed by atoms with Gasteiger partial charge in [0.2, 0.25) is 5.96 Å². The number of carbonyl (C=O) groups is 1. The molecule has 0 saturated carbocycles. The third-order valence-corrected chi connectivity index (χ3v) is 6.56. The summed E-state index contributed by atoms with van der Waals surface area (Å²) >= 11 is 8.60. The SMILES string of the molecule is NC(N)=NS(=O)(=O)c1ccc(NC(=S)NC(=O)c2cc(Br)ccc2OCCc2ccccc2)cc1. The summed E-state index contributed by atoms with van der Waals surface area (Å²) < 4.78 is 33.8. The summed E-state index contributed by atoms with van der Waals surface area (Å²) in [4.78, 5) is 12.8. The van der Waals surface area contributed by atoms with Gasteiger partial charge in [0.15, 0.2) is 5.11 Å². The van der Waals surface area contributed by atoms with Gasteiger partial charge in [0.25, 0.3) is 15.9 Å². The van der Waals surface area contributed by atoms with E-state index in [-0.39, 0.29) is 10.0 Å². The van der Waals surface area contributed by atoms with Gasteiger partial charge in [0.05, 0.1) is 17.1 Å². The van der Waals surface area contributed by atoms with Crippen LogP contribution >= 0.6 is 28.1 Å². The Bertz CT molecular complexity index is 1340. The van der Waals surface area contributed by atoms with Gasteiger partial charge < -0.3 is 21.5 Å². The van der Waals surface area contributed by atoms with Crippen LogP contribution in [0.1, 0.15) is 15.9 Å². The zero-order valence-corrected chi connectivity index (χ0v) is 21.5. The molecule has 35 heavy (non-hydrogen) atoms. The first-order valence-corrected chi connectivity index (χ1v) is 12.8. The van der Waals surface area contributed by atoms with Crippen LogP contribution in [0.4, 0.5) is 5.69 Å². The van der Waals surface area contributed by atoms with Crippen LogP contribution in [0.15, 0.2) is 86.6 Å². The lowest BCUT2D eigenvalue weighted by Gasteiger charge is -2.14. The summed E-state index contributed by atoms with van der Waals surface area (Å²) in [6, 6.07) is 20.5. The van der Waals surface area contributed by atoms with Gasteiger partial charge in [-0.1, -0.05) is 46.3 Å². The zero-order valence-electron chi connectivity index (χ0n) is 18.3. The largest absolute Gasteiger partial charge is 0.492 e. The minimum absolute atomic E-state index is 0.0186. The molecule has 0 spiro atoms. The second-order valence-electron chi connectivity index (χ2n) is 7.15. The van der Waals surface area contributed by atoms with E-state index < -0.39 is 21.9 Å². The standard InChI is InChI=1S/C23H22BrN5O4S2/c24-16-6-11-20(33-13-12-15-4-2-1-3-5-15)19(14-16)21(30)28-23(34)27-17-7-9-18(10-8-17)35(31,32)29-22(25)26/h1-11,14H,12-13H2,(H4,25,26,29)(H2,27,28,30,34). The van der Waals surface area contributed by atoms with Gasteiger partial charge in [0, 0.05) is 16.6 Å². The van der Waals surface area contributed by atoms with Crippen molar-refractivity contribution in [2.75, 3.05) is 11.9 Å². The Morgan fingerprint density at radius 2 is 1.71 bits per heavy atom. The molecule has 9 nitrogen and oxygen atoms in total. The van der Waals surface area contributed by atoms with Crippen molar-refractivity contribution in [3.05, 3.63) is 88.4 Å². The Kier molecular flexibility index (Phi) is 8.79. The summed E-state index contributed by atoms with van der Waals surface area (Å²) in [5.74, 6) is -0.615. The molecule has 12 heteroatoms. The highest BCUT2D eigenvalue weighted by molar-refractivity contribution is 9.10. The van der Waals surface area contributed by atoms with Crippen LogP contribution in [-0.4, -0.2) is 32.0 Å². The quantitative estimate of drug-likeness (QED) is 0.182. The van der Waals surface area contributed by atoms with E-state index in [0.29, 0.717) is 34.5 Å². The number of nitrogens with one attached hydrogen (secondary N) is 2. The molecule has 0 aliphatic rings. The molecule has 6 N–H and O–H groups in total. The average Bonchev–Trinajstić information content (AvgIpc) is 2.80. The summed E-state index contributed by atoms with van der Waals surface area (Å²) in [5.41, 5.74) is 12.2. The number of rotatable bonds is 8. The van der Waals surface area contributed by atoms with E-state index in [0.717, 1.165) is 5.56 Å². The summed E-state index contributed by atoms with van der Waals surface area (Å²) in [7, 11) is -4.00. The molecule has 182 valence electrons. The van der Waals surface area contributed by atoms with Crippen molar-refractivity contribution >= 4 is 60.8 Å². The fourth-order valence-corrected chi connectivity index (χ4v) is 4.40. The number of nitrogens with zero attached hydrogens (tertiary/aromatic N) is 1. The number of halogens is 1. The molecule has 0 aromatic heterocycles. The van der Waals surface area contributed by atoms with Gasteiger partial charge in [-0.15, -0.1) is 4.40 Å². The van der Waals surface area contributed by atoms with Crippen LogP contribution in [0.5, 0.6) is 5.75 Å². The van der Waals surface area contributed by atoms with Crippen molar-refractivity contribution in [1.29, 1.82) is 0 Å². The van der Waals surface area contributed by atoms with Crippen molar-refractivity contribution < 1.29 is 17.9 Å². The van der Waals surface area contributed by atoms with Crippen LogP contribution < -0.4 is 26.8 Å². The number of sulfonamides is 1. The van der Waals surface area contributed by atoms with Gasteiger partial charge in [-0.05, 0) is 60.2 Å². The highest BCUT2D eigenvalue weighted by atomic mass is 79.9. The van der Waals surface area contributed by atoms with Gasteiger partial charge in [-0.3, -0.25) is 10.1 Å². The maximum absolute atomic E-state index is 12.9. The monoisotopic (exact) mass is 575 g/mol. The molecule has 0 atom stereocenters. The third-order valence-electron chi connectivity index (χ3n) is 4.54. The number of benzene rings is 3. The van der Waals surface area contributed by atoms with Crippen LogP contribution in [-0.2, 0) is 16.4 Å². The first kappa shape index (κ1) is 26.1. The number of hydrogen-bond donors (Lipinski definition) is 4. The number of thiocarbonyl (C=S) groups is 1. The Labute approximate surface area is 216 Å². The third kappa shape index (κ3) is 7.77. The minimum Gasteiger partial charge on any atom is -0.492 e. The predicted octanol–water partition coefficient (Wildman–Crippen LogP) is 3.16. The summed E-state index contributed by atoms with van der Waals surface area (Å²) in [5, 5.41) is 5.45. The normalized spacial score (nSPS) is 10.8. The number of carbonyl (C=O) groups excluding carboxylic acids is 1. The zero-order chi connectivity index (χ0) is 25.4. The minimum atomic E-state index is -4.00. The number of nitrogens with two attached hydrogens (primary N) is 2. The lowest BCUT2D eigenvalue weighted by molar-refractivity contribution is 0.0973. The van der Waals surface area contributed by atoms with Crippen molar-refractivity contribution in [3.8, 4) is 5.75 Å². The Balaban J connectivity index is 1.63.